The Morgan fingerprint density at radius 1 is 1.44 bits per heavy atom. The van der Waals surface area contributed by atoms with E-state index in [0.29, 0.717) is 19.8 Å². The third kappa shape index (κ3) is 3.48. The van der Waals surface area contributed by atoms with E-state index in [9.17, 15) is 9.59 Å². The van der Waals surface area contributed by atoms with Crippen molar-refractivity contribution in [2.45, 2.75) is 32.8 Å². The molecule has 0 bridgehead atoms. The molecule has 5 heteroatoms. The van der Waals surface area contributed by atoms with E-state index in [1.165, 1.54) is 4.90 Å². The van der Waals surface area contributed by atoms with Gasteiger partial charge in [0.15, 0.2) is 0 Å². The Labute approximate surface area is 95.7 Å². The number of hydrogen-bond donors (Lipinski definition) is 0. The molecule has 16 heavy (non-hydrogen) atoms. The van der Waals surface area contributed by atoms with Crippen molar-refractivity contribution in [1.29, 1.82) is 0 Å². The Balaban J connectivity index is 2.45. The van der Waals surface area contributed by atoms with Crippen molar-refractivity contribution in [1.82, 2.24) is 4.90 Å². The highest BCUT2D eigenvalue weighted by Crippen LogP contribution is 2.14. The summed E-state index contributed by atoms with van der Waals surface area (Å²) in [4.78, 5) is 24.7. The van der Waals surface area contributed by atoms with Crippen molar-refractivity contribution < 1.29 is 19.1 Å². The van der Waals surface area contributed by atoms with Crippen LogP contribution < -0.4 is 0 Å². The molecule has 92 valence electrons. The van der Waals surface area contributed by atoms with Crippen LogP contribution in [0.15, 0.2) is 0 Å². The quantitative estimate of drug-likeness (QED) is 0.647. The summed E-state index contributed by atoms with van der Waals surface area (Å²) in [6.07, 6.45) is 1.29. The van der Waals surface area contributed by atoms with Crippen LogP contribution in [0.4, 0.5) is 0 Å². The van der Waals surface area contributed by atoms with Crippen molar-refractivity contribution in [3.05, 3.63) is 0 Å². The van der Waals surface area contributed by atoms with Gasteiger partial charge in [-0.05, 0) is 26.7 Å². The van der Waals surface area contributed by atoms with E-state index < -0.39 is 0 Å². The molecule has 0 aromatic rings. The van der Waals surface area contributed by atoms with E-state index >= 15 is 0 Å². The molecule has 1 atom stereocenters. The van der Waals surface area contributed by atoms with Crippen LogP contribution in [0.25, 0.3) is 0 Å². The summed E-state index contributed by atoms with van der Waals surface area (Å²) in [6, 6.07) is 0. The molecule has 0 aromatic heterocycles. The fourth-order valence-electron chi connectivity index (χ4n) is 1.68. The summed E-state index contributed by atoms with van der Waals surface area (Å²) in [6.45, 7) is 5.07. The van der Waals surface area contributed by atoms with Gasteiger partial charge in [0.05, 0.1) is 6.61 Å². The zero-order valence-electron chi connectivity index (χ0n) is 9.90. The molecular weight excluding hydrogens is 210 g/mol. The molecule has 0 unspecified atom stereocenters. The first-order chi connectivity index (χ1) is 7.69. The number of likely N-dealkylation sites (N-methyl/N-ethyl adjacent to an activating group) is 1. The number of ether oxygens (including phenoxy) is 2. The van der Waals surface area contributed by atoms with Crippen LogP contribution in [-0.4, -0.2) is 49.2 Å². The van der Waals surface area contributed by atoms with Gasteiger partial charge in [-0.1, -0.05) is 0 Å². The van der Waals surface area contributed by atoms with E-state index in [2.05, 4.69) is 0 Å². The molecule has 0 aromatic carbocycles. The lowest BCUT2D eigenvalue weighted by Gasteiger charge is -2.22. The van der Waals surface area contributed by atoms with Gasteiger partial charge in [-0.15, -0.1) is 0 Å². The first-order valence-electron chi connectivity index (χ1n) is 5.75. The Morgan fingerprint density at radius 3 is 2.69 bits per heavy atom. The second-order valence-corrected chi connectivity index (χ2v) is 3.66. The minimum atomic E-state index is -0.366. The highest BCUT2D eigenvalue weighted by atomic mass is 16.5. The number of carbonyl (C=O) groups is 2. The Hall–Kier alpha value is -1.10. The summed E-state index contributed by atoms with van der Waals surface area (Å²) in [7, 11) is 0. The van der Waals surface area contributed by atoms with Gasteiger partial charge < -0.3 is 14.4 Å². The van der Waals surface area contributed by atoms with Crippen molar-refractivity contribution in [3.8, 4) is 0 Å². The summed E-state index contributed by atoms with van der Waals surface area (Å²) >= 11 is 0. The van der Waals surface area contributed by atoms with Crippen molar-refractivity contribution in [2.75, 3.05) is 26.3 Å². The van der Waals surface area contributed by atoms with E-state index in [-0.39, 0.29) is 24.5 Å². The minimum absolute atomic E-state index is 0.0169. The summed E-state index contributed by atoms with van der Waals surface area (Å²) in [5.74, 6) is -0.469. The molecule has 1 fully saturated rings. The zero-order valence-corrected chi connectivity index (χ0v) is 9.90. The molecule has 1 aliphatic heterocycles. The van der Waals surface area contributed by atoms with Crippen molar-refractivity contribution in [3.63, 3.8) is 0 Å². The van der Waals surface area contributed by atoms with Crippen molar-refractivity contribution >= 4 is 11.9 Å². The van der Waals surface area contributed by atoms with E-state index in [0.717, 1.165) is 12.8 Å². The van der Waals surface area contributed by atoms with Crippen molar-refractivity contribution in [2.24, 2.45) is 0 Å². The maximum atomic E-state index is 11.9. The molecule has 0 radical (unpaired) electrons. The molecule has 1 saturated heterocycles. The van der Waals surface area contributed by atoms with Gasteiger partial charge in [-0.25, -0.2) is 0 Å². The van der Waals surface area contributed by atoms with Gasteiger partial charge in [0.2, 0.25) is 0 Å². The van der Waals surface area contributed by atoms with Crippen LogP contribution >= 0.6 is 0 Å². The minimum Gasteiger partial charge on any atom is -0.465 e. The third-order valence-electron chi connectivity index (χ3n) is 2.52. The molecule has 0 aliphatic carbocycles. The Kier molecular flexibility index (Phi) is 5.25. The number of rotatable bonds is 5. The SMILES string of the molecule is CCOC(=O)CN(CC)C(=O)[C@@H]1CCCO1. The molecule has 0 spiro atoms. The highest BCUT2D eigenvalue weighted by Gasteiger charge is 2.28. The number of nitrogens with zero attached hydrogens (tertiary/aromatic N) is 1. The average Bonchev–Trinajstić information content (AvgIpc) is 2.78. The maximum Gasteiger partial charge on any atom is 0.325 e. The Morgan fingerprint density at radius 2 is 2.19 bits per heavy atom. The summed E-state index contributed by atoms with van der Waals surface area (Å²) in [5.41, 5.74) is 0. The zero-order chi connectivity index (χ0) is 12.0. The van der Waals surface area contributed by atoms with E-state index in [1.54, 1.807) is 6.92 Å². The van der Waals surface area contributed by atoms with Crippen LogP contribution in [0, 0.1) is 0 Å². The average molecular weight is 229 g/mol. The van der Waals surface area contributed by atoms with Gasteiger partial charge >= 0.3 is 5.97 Å². The summed E-state index contributed by atoms with van der Waals surface area (Å²) < 4.78 is 10.1. The van der Waals surface area contributed by atoms with Gasteiger partial charge in [0.25, 0.3) is 5.91 Å². The van der Waals surface area contributed by atoms with Gasteiger partial charge in [0.1, 0.15) is 12.6 Å². The number of amides is 1. The first-order valence-corrected chi connectivity index (χ1v) is 5.75. The van der Waals surface area contributed by atoms with E-state index in [4.69, 9.17) is 9.47 Å². The molecule has 1 rings (SSSR count). The molecular formula is C11H19NO4. The molecule has 0 N–H and O–H groups in total. The number of hydrogen-bond acceptors (Lipinski definition) is 4. The monoisotopic (exact) mass is 229 g/mol. The smallest absolute Gasteiger partial charge is 0.325 e. The first kappa shape index (κ1) is 13.0. The maximum absolute atomic E-state index is 11.9. The van der Waals surface area contributed by atoms with Gasteiger partial charge in [-0.3, -0.25) is 9.59 Å². The van der Waals surface area contributed by atoms with Gasteiger partial charge in [-0.2, -0.15) is 0 Å². The van der Waals surface area contributed by atoms with Crippen LogP contribution in [0.5, 0.6) is 0 Å². The molecule has 0 saturated carbocycles. The van der Waals surface area contributed by atoms with Crippen LogP contribution in [-0.2, 0) is 19.1 Å². The lowest BCUT2D eigenvalue weighted by Crippen LogP contribution is -2.42. The van der Waals surface area contributed by atoms with Crippen LogP contribution in [0.3, 0.4) is 0 Å². The molecule has 1 heterocycles. The number of carbonyl (C=O) groups excluding carboxylic acids is 2. The number of esters is 1. The predicted octanol–water partition coefficient (Wildman–Crippen LogP) is 0.577. The normalized spacial score (nSPS) is 19.5. The molecule has 1 aliphatic rings. The van der Waals surface area contributed by atoms with Crippen LogP contribution in [0.1, 0.15) is 26.7 Å². The molecule has 5 nitrogen and oxygen atoms in total. The lowest BCUT2D eigenvalue weighted by atomic mass is 10.2. The second-order valence-electron chi connectivity index (χ2n) is 3.66. The predicted molar refractivity (Wildman–Crippen MR) is 57.9 cm³/mol. The van der Waals surface area contributed by atoms with E-state index in [1.807, 2.05) is 6.92 Å². The Bertz CT molecular complexity index is 248. The van der Waals surface area contributed by atoms with Crippen LogP contribution in [0.2, 0.25) is 0 Å². The highest BCUT2D eigenvalue weighted by molar-refractivity contribution is 5.85. The topological polar surface area (TPSA) is 55.8 Å². The largest absolute Gasteiger partial charge is 0.465 e. The lowest BCUT2D eigenvalue weighted by molar-refractivity contribution is -0.152. The third-order valence-corrected chi connectivity index (χ3v) is 2.52. The standard InChI is InChI=1S/C11H19NO4/c1-3-12(8-10(13)15-4-2)11(14)9-6-5-7-16-9/h9H,3-8H2,1-2H3/t9-/m0/s1. The fraction of sp³-hybridized carbons (Fsp3) is 0.818. The molecule has 1 amide bonds. The fourth-order valence-corrected chi connectivity index (χ4v) is 1.68. The summed E-state index contributed by atoms with van der Waals surface area (Å²) in [5, 5.41) is 0. The van der Waals surface area contributed by atoms with Gasteiger partial charge in [0, 0.05) is 13.2 Å². The second kappa shape index (κ2) is 6.48.